The van der Waals surface area contributed by atoms with Gasteiger partial charge in [-0.25, -0.2) is 4.98 Å². The number of carbonyl (C=O) groups excluding carboxylic acids is 1. The molecular formula is C17H15N5O2. The number of H-pyrrole nitrogens is 1. The van der Waals surface area contributed by atoms with Crippen molar-refractivity contribution in [2.24, 2.45) is 0 Å². The maximum absolute atomic E-state index is 11.5. The third-order valence-corrected chi connectivity index (χ3v) is 4.16. The van der Waals surface area contributed by atoms with Crippen molar-refractivity contribution in [3.63, 3.8) is 0 Å². The van der Waals surface area contributed by atoms with Crippen molar-refractivity contribution in [2.75, 3.05) is 0 Å². The van der Waals surface area contributed by atoms with Gasteiger partial charge in [-0.1, -0.05) is 12.7 Å². The van der Waals surface area contributed by atoms with Crippen LogP contribution in [-0.2, 0) is 4.79 Å². The number of nitrogens with zero attached hydrogens (tertiary/aromatic N) is 3. The molecule has 0 aromatic carbocycles. The summed E-state index contributed by atoms with van der Waals surface area (Å²) in [5.74, 6) is 0.299. The van der Waals surface area contributed by atoms with Gasteiger partial charge in [-0.3, -0.25) is 4.79 Å². The lowest BCUT2D eigenvalue weighted by molar-refractivity contribution is -0.117. The lowest BCUT2D eigenvalue weighted by Crippen LogP contribution is -2.31. The van der Waals surface area contributed by atoms with E-state index in [1.54, 1.807) is 6.20 Å². The van der Waals surface area contributed by atoms with Gasteiger partial charge in [0.1, 0.15) is 5.65 Å². The largest absolute Gasteiger partial charge is 0.423 e. The van der Waals surface area contributed by atoms with E-state index in [9.17, 15) is 4.79 Å². The number of hydrogen-bond acceptors (Lipinski definition) is 5. The van der Waals surface area contributed by atoms with Crippen molar-refractivity contribution in [3.8, 4) is 11.5 Å². The Bertz CT molecular complexity index is 939. The molecular weight excluding hydrogens is 306 g/mol. The van der Waals surface area contributed by atoms with Crippen LogP contribution in [0.4, 0.5) is 0 Å². The second-order valence-corrected chi connectivity index (χ2v) is 5.61. The second kappa shape index (κ2) is 5.77. The summed E-state index contributed by atoms with van der Waals surface area (Å²) in [5, 5.41) is 11.6. The van der Waals surface area contributed by atoms with Crippen molar-refractivity contribution >= 4 is 22.5 Å². The first-order valence-corrected chi connectivity index (χ1v) is 7.61. The molecule has 1 aliphatic rings. The Morgan fingerprint density at radius 2 is 2.38 bits per heavy atom. The first kappa shape index (κ1) is 14.4. The second-order valence-electron chi connectivity index (χ2n) is 5.61. The molecule has 120 valence electrons. The maximum atomic E-state index is 11.5. The van der Waals surface area contributed by atoms with E-state index in [1.165, 1.54) is 12.5 Å². The minimum absolute atomic E-state index is 0.0829. The lowest BCUT2D eigenvalue weighted by atomic mass is 10.00. The van der Waals surface area contributed by atoms with Gasteiger partial charge >= 0.3 is 0 Å². The third kappa shape index (κ3) is 2.40. The van der Waals surface area contributed by atoms with E-state index in [0.717, 1.165) is 40.6 Å². The van der Waals surface area contributed by atoms with E-state index in [0.29, 0.717) is 5.89 Å². The predicted molar refractivity (Wildman–Crippen MR) is 88.7 cm³/mol. The number of pyridine rings is 1. The summed E-state index contributed by atoms with van der Waals surface area (Å²) < 4.78 is 5.33. The number of amides is 1. The van der Waals surface area contributed by atoms with Crippen LogP contribution in [0, 0.1) is 0 Å². The predicted octanol–water partition coefficient (Wildman–Crippen LogP) is 2.46. The fourth-order valence-corrected chi connectivity index (χ4v) is 3.09. The van der Waals surface area contributed by atoms with Crippen molar-refractivity contribution in [1.82, 2.24) is 25.5 Å². The normalized spacial score (nSPS) is 17.0. The molecule has 2 N–H and O–H groups in total. The van der Waals surface area contributed by atoms with Crippen LogP contribution in [0.2, 0.25) is 0 Å². The van der Waals surface area contributed by atoms with Gasteiger partial charge in [-0.2, -0.15) is 0 Å². The molecule has 1 amide bonds. The summed E-state index contributed by atoms with van der Waals surface area (Å²) in [6, 6.07) is 2.05. The highest BCUT2D eigenvalue weighted by molar-refractivity contribution is 6.00. The quantitative estimate of drug-likeness (QED) is 0.720. The molecule has 0 fully saturated rings. The smallest absolute Gasteiger partial charge is 0.249 e. The first-order chi connectivity index (χ1) is 11.8. The summed E-state index contributed by atoms with van der Waals surface area (Å²) in [7, 11) is 0. The summed E-state index contributed by atoms with van der Waals surface area (Å²) in [5.41, 5.74) is 3.81. The Kier molecular flexibility index (Phi) is 3.45. The van der Waals surface area contributed by atoms with E-state index in [2.05, 4.69) is 38.1 Å². The molecule has 24 heavy (non-hydrogen) atoms. The molecule has 3 heterocycles. The number of nitrogens with one attached hydrogen (secondary N) is 2. The van der Waals surface area contributed by atoms with Crippen molar-refractivity contribution in [3.05, 3.63) is 49.1 Å². The SMILES string of the molecule is C=CC(=O)NC1CC=C(c2ccnc3[nH]cc(-c4nnco4)c23)C1. The van der Waals surface area contributed by atoms with Gasteiger partial charge in [-0.05, 0) is 36.1 Å². The van der Waals surface area contributed by atoms with Gasteiger partial charge in [0.05, 0.1) is 5.56 Å². The molecule has 4 rings (SSSR count). The topological polar surface area (TPSA) is 96.7 Å². The molecule has 1 atom stereocenters. The Morgan fingerprint density at radius 3 is 3.17 bits per heavy atom. The molecule has 3 aromatic heterocycles. The fourth-order valence-electron chi connectivity index (χ4n) is 3.09. The molecule has 0 radical (unpaired) electrons. The van der Waals surface area contributed by atoms with Gasteiger partial charge in [0.2, 0.25) is 18.2 Å². The van der Waals surface area contributed by atoms with Gasteiger partial charge in [0, 0.05) is 23.8 Å². The molecule has 1 aliphatic carbocycles. The van der Waals surface area contributed by atoms with E-state index in [4.69, 9.17) is 4.42 Å². The number of aromatic nitrogens is 4. The maximum Gasteiger partial charge on any atom is 0.249 e. The van der Waals surface area contributed by atoms with E-state index in [1.807, 2.05) is 12.3 Å². The monoisotopic (exact) mass is 321 g/mol. The van der Waals surface area contributed by atoms with Gasteiger partial charge in [0.25, 0.3) is 0 Å². The summed E-state index contributed by atoms with van der Waals surface area (Å²) in [4.78, 5) is 19.0. The van der Waals surface area contributed by atoms with Gasteiger partial charge in [0.15, 0.2) is 0 Å². The number of carbonyl (C=O) groups is 1. The third-order valence-electron chi connectivity index (χ3n) is 4.16. The summed E-state index contributed by atoms with van der Waals surface area (Å²) in [6.45, 7) is 3.49. The van der Waals surface area contributed by atoms with E-state index >= 15 is 0 Å². The van der Waals surface area contributed by atoms with Crippen LogP contribution in [0.5, 0.6) is 0 Å². The van der Waals surface area contributed by atoms with Crippen LogP contribution in [-0.4, -0.2) is 32.1 Å². The van der Waals surface area contributed by atoms with Gasteiger partial charge < -0.3 is 14.7 Å². The number of fused-ring (bicyclic) bond motifs is 1. The van der Waals surface area contributed by atoms with Crippen molar-refractivity contribution in [2.45, 2.75) is 18.9 Å². The Labute approximate surface area is 137 Å². The van der Waals surface area contributed by atoms with Crippen LogP contribution < -0.4 is 5.32 Å². The zero-order chi connectivity index (χ0) is 16.5. The number of aromatic amines is 1. The molecule has 0 saturated heterocycles. The summed E-state index contributed by atoms with van der Waals surface area (Å²) in [6.07, 6.45) is 9.88. The van der Waals surface area contributed by atoms with Crippen LogP contribution in [0.15, 0.2) is 48.0 Å². The standard InChI is InChI=1S/C17H15N5O2/c1-2-14(23)21-11-4-3-10(7-11)12-5-6-18-16-15(12)13(8-19-16)17-22-20-9-24-17/h2-3,5-6,8-9,11H,1,4,7H2,(H,18,19)(H,21,23). The zero-order valence-electron chi connectivity index (χ0n) is 12.8. The van der Waals surface area contributed by atoms with Gasteiger partial charge in [-0.15, -0.1) is 10.2 Å². The van der Waals surface area contributed by atoms with Crippen LogP contribution >= 0.6 is 0 Å². The molecule has 1 unspecified atom stereocenters. The van der Waals surface area contributed by atoms with E-state index in [-0.39, 0.29) is 11.9 Å². The Hall–Kier alpha value is -3.22. The van der Waals surface area contributed by atoms with Crippen molar-refractivity contribution < 1.29 is 9.21 Å². The van der Waals surface area contributed by atoms with Crippen LogP contribution in [0.3, 0.4) is 0 Å². The molecule has 0 saturated carbocycles. The number of hydrogen-bond donors (Lipinski definition) is 2. The molecule has 7 nitrogen and oxygen atoms in total. The zero-order valence-corrected chi connectivity index (χ0v) is 12.8. The van der Waals surface area contributed by atoms with Crippen LogP contribution in [0.1, 0.15) is 18.4 Å². The first-order valence-electron chi connectivity index (χ1n) is 7.61. The Morgan fingerprint density at radius 1 is 1.46 bits per heavy atom. The highest BCUT2D eigenvalue weighted by atomic mass is 16.4. The number of rotatable bonds is 4. The highest BCUT2D eigenvalue weighted by Gasteiger charge is 2.23. The minimum Gasteiger partial charge on any atom is -0.423 e. The molecule has 3 aromatic rings. The average Bonchev–Trinajstić information content (AvgIpc) is 3.33. The highest BCUT2D eigenvalue weighted by Crippen LogP contribution is 2.36. The fraction of sp³-hybridized carbons (Fsp3) is 0.176. The molecule has 0 aliphatic heterocycles. The molecule has 7 heteroatoms. The lowest BCUT2D eigenvalue weighted by Gasteiger charge is -2.12. The average molecular weight is 321 g/mol. The molecule has 0 bridgehead atoms. The molecule has 0 spiro atoms. The van der Waals surface area contributed by atoms with E-state index < -0.39 is 0 Å². The Balaban J connectivity index is 1.72. The van der Waals surface area contributed by atoms with Crippen LogP contribution in [0.25, 0.3) is 28.1 Å². The van der Waals surface area contributed by atoms with Crippen molar-refractivity contribution in [1.29, 1.82) is 0 Å². The minimum atomic E-state index is -0.150. The summed E-state index contributed by atoms with van der Waals surface area (Å²) >= 11 is 0.